The van der Waals surface area contributed by atoms with Crippen LogP contribution in [0.5, 0.6) is 0 Å². The second kappa shape index (κ2) is 8.72. The van der Waals surface area contributed by atoms with Crippen molar-refractivity contribution in [1.29, 1.82) is 0 Å². The number of amides is 2. The quantitative estimate of drug-likeness (QED) is 0.689. The predicted octanol–water partition coefficient (Wildman–Crippen LogP) is 0.425. The molecule has 6 heteroatoms. The van der Waals surface area contributed by atoms with Crippen molar-refractivity contribution in [2.75, 3.05) is 20.2 Å². The lowest BCUT2D eigenvalue weighted by atomic mass is 10.1. The second-order valence-corrected chi connectivity index (χ2v) is 4.15. The fourth-order valence-electron chi connectivity index (χ4n) is 1.49. The number of hydrogen-bond acceptors (Lipinski definition) is 3. The summed E-state index contributed by atoms with van der Waals surface area (Å²) in [4.78, 5) is 22.8. The van der Waals surface area contributed by atoms with Crippen LogP contribution in [-0.2, 0) is 4.79 Å². The molecule has 0 bridgehead atoms. The Morgan fingerprint density at radius 3 is 2.76 bits per heavy atom. The number of hydrogen-bond donors (Lipinski definition) is 3. The molecule has 0 aliphatic carbocycles. The first-order chi connectivity index (χ1) is 10.1. The van der Waals surface area contributed by atoms with Gasteiger partial charge in [0.05, 0.1) is 12.2 Å². The van der Waals surface area contributed by atoms with Crippen LogP contribution in [0, 0.1) is 17.7 Å². The van der Waals surface area contributed by atoms with Crippen LogP contribution in [0.25, 0.3) is 0 Å². The van der Waals surface area contributed by atoms with E-state index in [0.717, 1.165) is 6.07 Å². The molecule has 0 aliphatic rings. The van der Waals surface area contributed by atoms with Gasteiger partial charge in [-0.1, -0.05) is 11.8 Å². The molecule has 2 amide bonds. The van der Waals surface area contributed by atoms with E-state index in [1.165, 1.54) is 19.2 Å². The number of nitrogens with one attached hydrogen (secondary N) is 2. The Kier molecular flexibility index (Phi) is 6.92. The van der Waals surface area contributed by atoms with Gasteiger partial charge < -0.3 is 15.7 Å². The Bertz CT molecular complexity index is 576. The maximum Gasteiger partial charge on any atom is 0.251 e. The van der Waals surface area contributed by atoms with Crippen LogP contribution in [-0.4, -0.2) is 37.1 Å². The molecular formula is C15H17FN2O3. The SMILES string of the molecule is CNC(=O)CCNC(=O)c1ccc(C#CCCO)c(F)c1. The molecule has 0 saturated carbocycles. The number of carbonyl (C=O) groups excluding carboxylic acids is 2. The van der Waals surface area contributed by atoms with Crippen molar-refractivity contribution in [3.05, 3.63) is 35.1 Å². The van der Waals surface area contributed by atoms with Gasteiger partial charge in [0.15, 0.2) is 0 Å². The van der Waals surface area contributed by atoms with Gasteiger partial charge in [0.1, 0.15) is 5.82 Å². The Balaban J connectivity index is 2.64. The molecule has 3 N–H and O–H groups in total. The molecule has 1 aromatic rings. The summed E-state index contributed by atoms with van der Waals surface area (Å²) in [5.74, 6) is 3.95. The van der Waals surface area contributed by atoms with Gasteiger partial charge in [-0.2, -0.15) is 0 Å². The number of benzene rings is 1. The first kappa shape index (κ1) is 16.7. The van der Waals surface area contributed by atoms with E-state index in [9.17, 15) is 14.0 Å². The lowest BCUT2D eigenvalue weighted by Gasteiger charge is -2.05. The van der Waals surface area contributed by atoms with Crippen molar-refractivity contribution in [2.45, 2.75) is 12.8 Å². The molecule has 1 aromatic carbocycles. The summed E-state index contributed by atoms with van der Waals surface area (Å²) in [5.41, 5.74) is 0.336. The van der Waals surface area contributed by atoms with E-state index in [2.05, 4.69) is 22.5 Å². The van der Waals surface area contributed by atoms with Crippen molar-refractivity contribution in [3.8, 4) is 11.8 Å². The highest BCUT2D eigenvalue weighted by atomic mass is 19.1. The third-order valence-corrected chi connectivity index (χ3v) is 2.61. The summed E-state index contributed by atoms with van der Waals surface area (Å²) in [6.45, 7) is 0.0959. The lowest BCUT2D eigenvalue weighted by molar-refractivity contribution is -0.120. The highest BCUT2D eigenvalue weighted by Crippen LogP contribution is 2.09. The van der Waals surface area contributed by atoms with Gasteiger partial charge in [-0.15, -0.1) is 0 Å². The van der Waals surface area contributed by atoms with Crippen molar-refractivity contribution >= 4 is 11.8 Å². The maximum atomic E-state index is 13.7. The predicted molar refractivity (Wildman–Crippen MR) is 76.0 cm³/mol. The third-order valence-electron chi connectivity index (χ3n) is 2.61. The molecule has 0 fully saturated rings. The summed E-state index contributed by atoms with van der Waals surface area (Å²) < 4.78 is 13.7. The van der Waals surface area contributed by atoms with Gasteiger partial charge in [-0.05, 0) is 18.2 Å². The van der Waals surface area contributed by atoms with Crippen molar-refractivity contribution in [1.82, 2.24) is 10.6 Å². The van der Waals surface area contributed by atoms with E-state index in [4.69, 9.17) is 5.11 Å². The van der Waals surface area contributed by atoms with E-state index >= 15 is 0 Å². The standard InChI is InChI=1S/C15H17FN2O3/c1-17-14(20)7-8-18-15(21)12-6-5-11(13(16)10-12)4-2-3-9-19/h5-6,10,19H,3,7-9H2,1H3,(H,17,20)(H,18,21). The van der Waals surface area contributed by atoms with Crippen LogP contribution < -0.4 is 10.6 Å². The van der Waals surface area contributed by atoms with Crippen LogP contribution in [0.15, 0.2) is 18.2 Å². The zero-order valence-electron chi connectivity index (χ0n) is 11.7. The van der Waals surface area contributed by atoms with Gasteiger partial charge >= 0.3 is 0 Å². The maximum absolute atomic E-state index is 13.7. The van der Waals surface area contributed by atoms with Crippen LogP contribution in [0.2, 0.25) is 0 Å². The van der Waals surface area contributed by atoms with Crippen LogP contribution in [0.4, 0.5) is 4.39 Å². The summed E-state index contributed by atoms with van der Waals surface area (Å²) in [6.07, 6.45) is 0.427. The monoisotopic (exact) mass is 292 g/mol. The van der Waals surface area contributed by atoms with Gasteiger partial charge in [0, 0.05) is 32.0 Å². The molecule has 0 atom stereocenters. The summed E-state index contributed by atoms with van der Waals surface area (Å²) in [6, 6.07) is 3.97. The minimum atomic E-state index is -0.598. The molecule has 1 rings (SSSR count). The minimum absolute atomic E-state index is 0.0829. The van der Waals surface area contributed by atoms with Crippen molar-refractivity contribution < 1.29 is 19.1 Å². The van der Waals surface area contributed by atoms with Crippen molar-refractivity contribution in [2.24, 2.45) is 0 Å². The van der Waals surface area contributed by atoms with E-state index < -0.39 is 11.7 Å². The highest BCUT2D eigenvalue weighted by Gasteiger charge is 2.09. The van der Waals surface area contributed by atoms with E-state index in [-0.39, 0.29) is 43.0 Å². The Hall–Kier alpha value is -2.39. The number of rotatable bonds is 5. The van der Waals surface area contributed by atoms with Gasteiger partial charge in [-0.3, -0.25) is 9.59 Å². The largest absolute Gasteiger partial charge is 0.395 e. The van der Waals surface area contributed by atoms with Crippen LogP contribution in [0.3, 0.4) is 0 Å². The molecule has 0 heterocycles. The van der Waals surface area contributed by atoms with Gasteiger partial charge in [-0.25, -0.2) is 4.39 Å². The molecule has 0 unspecified atom stereocenters. The molecule has 0 radical (unpaired) electrons. The fraction of sp³-hybridized carbons (Fsp3) is 0.333. The van der Waals surface area contributed by atoms with Crippen molar-refractivity contribution in [3.63, 3.8) is 0 Å². The number of carbonyl (C=O) groups is 2. The molecule has 0 saturated heterocycles. The number of aliphatic hydroxyl groups excluding tert-OH is 1. The topological polar surface area (TPSA) is 78.4 Å². The average molecular weight is 292 g/mol. The molecule has 0 aliphatic heterocycles. The molecule has 112 valence electrons. The highest BCUT2D eigenvalue weighted by molar-refractivity contribution is 5.94. The first-order valence-electron chi connectivity index (χ1n) is 6.46. The van der Waals surface area contributed by atoms with Gasteiger partial charge in [0.25, 0.3) is 5.91 Å². The fourth-order valence-corrected chi connectivity index (χ4v) is 1.49. The molecular weight excluding hydrogens is 275 g/mol. The van der Waals surface area contributed by atoms with E-state index in [1.54, 1.807) is 0 Å². The molecule has 0 spiro atoms. The third kappa shape index (κ3) is 5.63. The number of aliphatic hydroxyl groups is 1. The average Bonchev–Trinajstić information content (AvgIpc) is 2.48. The summed E-state index contributed by atoms with van der Waals surface area (Å²) in [5, 5.41) is 13.6. The normalized spacial score (nSPS) is 9.48. The molecule has 21 heavy (non-hydrogen) atoms. The van der Waals surface area contributed by atoms with E-state index in [1.807, 2.05) is 0 Å². The minimum Gasteiger partial charge on any atom is -0.395 e. The first-order valence-corrected chi connectivity index (χ1v) is 6.46. The molecule has 5 nitrogen and oxygen atoms in total. The van der Waals surface area contributed by atoms with E-state index in [0.29, 0.717) is 0 Å². The second-order valence-electron chi connectivity index (χ2n) is 4.15. The van der Waals surface area contributed by atoms with Gasteiger partial charge in [0.2, 0.25) is 5.91 Å². The molecule has 0 aromatic heterocycles. The Labute approximate surface area is 122 Å². The lowest BCUT2D eigenvalue weighted by Crippen LogP contribution is -2.29. The zero-order valence-corrected chi connectivity index (χ0v) is 11.7. The number of halogens is 1. The Morgan fingerprint density at radius 1 is 1.38 bits per heavy atom. The smallest absolute Gasteiger partial charge is 0.251 e. The van der Waals surface area contributed by atoms with Crippen LogP contribution in [0.1, 0.15) is 28.8 Å². The summed E-state index contributed by atoms with van der Waals surface area (Å²) >= 11 is 0. The van der Waals surface area contributed by atoms with Crippen LogP contribution >= 0.6 is 0 Å². The summed E-state index contributed by atoms with van der Waals surface area (Å²) in [7, 11) is 1.51. The zero-order chi connectivity index (χ0) is 15.7. The Morgan fingerprint density at radius 2 is 2.14 bits per heavy atom.